The van der Waals surface area contributed by atoms with Gasteiger partial charge in [0.2, 0.25) is 0 Å². The van der Waals surface area contributed by atoms with Gasteiger partial charge in [-0.05, 0) is 41.8 Å². The van der Waals surface area contributed by atoms with E-state index in [0.29, 0.717) is 35.3 Å². The molecule has 4 aromatic rings. The van der Waals surface area contributed by atoms with Crippen LogP contribution in [-0.2, 0) is 17.7 Å². The zero-order valence-electron chi connectivity index (χ0n) is 17.5. The molecule has 0 amide bonds. The van der Waals surface area contributed by atoms with Crippen LogP contribution < -0.4 is 0 Å². The van der Waals surface area contributed by atoms with Crippen LogP contribution in [0.5, 0.6) is 0 Å². The van der Waals surface area contributed by atoms with E-state index in [1.807, 2.05) is 53.1 Å². The van der Waals surface area contributed by atoms with Gasteiger partial charge in [-0.15, -0.1) is 0 Å². The number of hydrogen-bond donors (Lipinski definition) is 0. The van der Waals surface area contributed by atoms with Crippen LogP contribution in [0, 0.1) is 0 Å². The van der Waals surface area contributed by atoms with E-state index in [1.54, 1.807) is 19.1 Å². The minimum Gasteiger partial charge on any atom is -0.461 e. The summed E-state index contributed by atoms with van der Waals surface area (Å²) in [5.41, 5.74) is 4.01. The fraction of sp³-hybridized carbons (Fsp3) is 0.148. The van der Waals surface area contributed by atoms with Crippen LogP contribution in [-0.4, -0.2) is 28.7 Å². The normalized spacial score (nSPS) is 13.9. The van der Waals surface area contributed by atoms with Gasteiger partial charge < -0.3 is 9.30 Å². The molecule has 0 unspecified atom stereocenters. The molecule has 0 atom stereocenters. The van der Waals surface area contributed by atoms with Crippen molar-refractivity contribution in [3.63, 3.8) is 0 Å². The van der Waals surface area contributed by atoms with Crippen molar-refractivity contribution >= 4 is 28.3 Å². The number of carbonyl (C=O) groups is 3. The van der Waals surface area contributed by atoms with Crippen molar-refractivity contribution in [2.45, 2.75) is 19.9 Å². The van der Waals surface area contributed by atoms with Gasteiger partial charge in [0, 0.05) is 23.2 Å². The Labute approximate surface area is 184 Å². The van der Waals surface area contributed by atoms with Crippen molar-refractivity contribution in [1.29, 1.82) is 0 Å². The average Bonchev–Trinajstić information content (AvgIpc) is 3.18. The first-order chi connectivity index (χ1) is 15.6. The first-order valence-corrected chi connectivity index (χ1v) is 10.7. The molecule has 2 heterocycles. The minimum absolute atomic E-state index is 0.169. The number of nitrogens with zero attached hydrogens (tertiary/aromatic N) is 1. The maximum Gasteiger partial charge on any atom is 0.355 e. The zero-order valence-corrected chi connectivity index (χ0v) is 17.5. The molecule has 1 aromatic heterocycles. The molecule has 6 rings (SSSR count). The number of aryl methyl sites for hydroxylation is 1. The maximum atomic E-state index is 13.9. The summed E-state index contributed by atoms with van der Waals surface area (Å²) < 4.78 is 7.14. The number of ether oxygens (including phenoxy) is 1. The highest BCUT2D eigenvalue weighted by Gasteiger charge is 2.42. The highest BCUT2D eigenvalue weighted by atomic mass is 16.5. The lowest BCUT2D eigenvalue weighted by Gasteiger charge is -2.22. The summed E-state index contributed by atoms with van der Waals surface area (Å²) in [5, 5.41) is 1.78. The Morgan fingerprint density at radius 2 is 1.50 bits per heavy atom. The SMILES string of the molecule is CCOC(=O)c1c2c(c3n1CCc1ccccc1-3)C(=O)c1cc3ccccc3cc1C2=O. The predicted molar refractivity (Wildman–Crippen MR) is 120 cm³/mol. The number of ketones is 2. The second kappa shape index (κ2) is 6.76. The first kappa shape index (κ1) is 18.8. The molecular formula is C27H19NO4. The van der Waals surface area contributed by atoms with Crippen molar-refractivity contribution in [2.75, 3.05) is 6.61 Å². The molecular weight excluding hydrogens is 402 g/mol. The number of carbonyl (C=O) groups excluding carboxylic acids is 3. The lowest BCUT2D eigenvalue weighted by Crippen LogP contribution is -2.23. The molecule has 156 valence electrons. The second-order valence-electron chi connectivity index (χ2n) is 8.13. The third kappa shape index (κ3) is 2.42. The van der Waals surface area contributed by atoms with E-state index in [4.69, 9.17) is 4.74 Å². The average molecular weight is 421 g/mol. The lowest BCUT2D eigenvalue weighted by atomic mass is 9.81. The molecule has 0 spiro atoms. The van der Waals surface area contributed by atoms with Gasteiger partial charge in [-0.1, -0.05) is 48.5 Å². The Morgan fingerprint density at radius 1 is 0.875 bits per heavy atom. The quantitative estimate of drug-likeness (QED) is 0.384. The smallest absolute Gasteiger partial charge is 0.355 e. The van der Waals surface area contributed by atoms with Crippen LogP contribution in [0.2, 0.25) is 0 Å². The van der Waals surface area contributed by atoms with Crippen molar-refractivity contribution < 1.29 is 19.1 Å². The summed E-state index contributed by atoms with van der Waals surface area (Å²) in [6.07, 6.45) is 0.711. The molecule has 0 bridgehead atoms. The molecule has 0 saturated carbocycles. The number of rotatable bonds is 2. The van der Waals surface area contributed by atoms with E-state index in [0.717, 1.165) is 21.9 Å². The molecule has 1 aliphatic carbocycles. The van der Waals surface area contributed by atoms with Crippen LogP contribution in [0.1, 0.15) is 54.8 Å². The van der Waals surface area contributed by atoms with Crippen molar-refractivity contribution in [3.8, 4) is 11.3 Å². The van der Waals surface area contributed by atoms with E-state index in [1.165, 1.54) is 0 Å². The minimum atomic E-state index is -0.570. The van der Waals surface area contributed by atoms with E-state index in [2.05, 4.69) is 0 Å². The van der Waals surface area contributed by atoms with Gasteiger partial charge in [-0.3, -0.25) is 9.59 Å². The highest BCUT2D eigenvalue weighted by Crippen LogP contribution is 2.43. The first-order valence-electron chi connectivity index (χ1n) is 10.7. The highest BCUT2D eigenvalue weighted by molar-refractivity contribution is 6.33. The fourth-order valence-electron chi connectivity index (χ4n) is 5.06. The van der Waals surface area contributed by atoms with E-state index in [9.17, 15) is 14.4 Å². The largest absolute Gasteiger partial charge is 0.461 e. The van der Waals surface area contributed by atoms with Crippen LogP contribution in [0.4, 0.5) is 0 Å². The standard InChI is InChI=1S/C27H19NO4/c1-2-32-27(31)24-22-21(23-18-10-6-5-7-15(18)11-12-28(23)24)25(29)19-13-16-8-3-4-9-17(16)14-20(19)26(22)30/h3-10,13-14H,2,11-12H2,1H3. The van der Waals surface area contributed by atoms with Crippen LogP contribution in [0.15, 0.2) is 60.7 Å². The summed E-state index contributed by atoms with van der Waals surface area (Å²) >= 11 is 0. The maximum absolute atomic E-state index is 13.9. The number of benzene rings is 3. The van der Waals surface area contributed by atoms with Crippen LogP contribution >= 0.6 is 0 Å². The van der Waals surface area contributed by atoms with Crippen LogP contribution in [0.3, 0.4) is 0 Å². The molecule has 0 radical (unpaired) electrons. The monoisotopic (exact) mass is 421 g/mol. The van der Waals surface area contributed by atoms with Gasteiger partial charge in [0.1, 0.15) is 5.69 Å². The van der Waals surface area contributed by atoms with E-state index < -0.39 is 5.97 Å². The van der Waals surface area contributed by atoms with Crippen molar-refractivity contribution in [1.82, 2.24) is 4.57 Å². The molecule has 0 fully saturated rings. The topological polar surface area (TPSA) is 65.4 Å². The van der Waals surface area contributed by atoms with Gasteiger partial charge in [-0.2, -0.15) is 0 Å². The van der Waals surface area contributed by atoms with Gasteiger partial charge >= 0.3 is 5.97 Å². The molecule has 1 aliphatic heterocycles. The summed E-state index contributed by atoms with van der Waals surface area (Å²) in [7, 11) is 0. The summed E-state index contributed by atoms with van der Waals surface area (Å²) in [6.45, 7) is 2.43. The molecule has 0 saturated heterocycles. The van der Waals surface area contributed by atoms with E-state index in [-0.39, 0.29) is 29.4 Å². The number of esters is 1. The Balaban J connectivity index is 1.70. The Kier molecular flexibility index (Phi) is 3.96. The van der Waals surface area contributed by atoms with Gasteiger partial charge in [-0.25, -0.2) is 4.79 Å². The van der Waals surface area contributed by atoms with Crippen molar-refractivity contribution in [3.05, 3.63) is 94.2 Å². The molecule has 32 heavy (non-hydrogen) atoms. The van der Waals surface area contributed by atoms with Gasteiger partial charge in [0.15, 0.2) is 11.6 Å². The molecule has 0 N–H and O–H groups in total. The number of fused-ring (bicyclic) bond motifs is 7. The molecule has 5 heteroatoms. The Morgan fingerprint density at radius 3 is 2.19 bits per heavy atom. The Bertz CT molecular complexity index is 1490. The second-order valence-corrected chi connectivity index (χ2v) is 8.13. The van der Waals surface area contributed by atoms with E-state index >= 15 is 0 Å². The van der Waals surface area contributed by atoms with Gasteiger partial charge in [0.25, 0.3) is 0 Å². The fourth-order valence-corrected chi connectivity index (χ4v) is 5.06. The summed E-state index contributed by atoms with van der Waals surface area (Å²) in [6, 6.07) is 19.0. The zero-order chi connectivity index (χ0) is 22.0. The van der Waals surface area contributed by atoms with Crippen LogP contribution in [0.25, 0.3) is 22.0 Å². The molecule has 2 aliphatic rings. The number of aromatic nitrogens is 1. The Hall–Kier alpha value is -3.99. The summed E-state index contributed by atoms with van der Waals surface area (Å²) in [5.74, 6) is -1.10. The predicted octanol–water partition coefficient (Wildman–Crippen LogP) is 4.82. The van der Waals surface area contributed by atoms with Gasteiger partial charge in [0.05, 0.1) is 23.4 Å². The number of hydrogen-bond acceptors (Lipinski definition) is 4. The molecule has 3 aromatic carbocycles. The summed E-state index contributed by atoms with van der Waals surface area (Å²) in [4.78, 5) is 40.7. The third-order valence-electron chi connectivity index (χ3n) is 6.44. The van der Waals surface area contributed by atoms with Crippen molar-refractivity contribution in [2.24, 2.45) is 0 Å². The lowest BCUT2D eigenvalue weighted by molar-refractivity contribution is 0.0511. The third-order valence-corrected chi connectivity index (χ3v) is 6.44. The molecule has 5 nitrogen and oxygen atoms in total.